The highest BCUT2D eigenvalue weighted by molar-refractivity contribution is 5.82. The fraction of sp³-hybridized carbons (Fsp3) is 0.462. The molecule has 0 aliphatic rings. The Balaban J connectivity index is 2.58. The molecule has 86 valence electrons. The minimum absolute atomic E-state index is 0.355. The lowest BCUT2D eigenvalue weighted by atomic mass is 10.0. The van der Waals surface area contributed by atoms with Gasteiger partial charge < -0.3 is 5.32 Å². The molecule has 1 unspecified atom stereocenters. The molecule has 16 heavy (non-hydrogen) atoms. The van der Waals surface area contributed by atoms with E-state index in [4.69, 9.17) is 0 Å². The van der Waals surface area contributed by atoms with E-state index in [0.29, 0.717) is 12.1 Å². The van der Waals surface area contributed by atoms with Gasteiger partial charge >= 0.3 is 0 Å². The van der Waals surface area contributed by atoms with Crippen molar-refractivity contribution in [1.29, 1.82) is 0 Å². The fourth-order valence-electron chi connectivity index (χ4n) is 1.88. The molecular weight excluding hydrogens is 198 g/mol. The highest BCUT2D eigenvalue weighted by Gasteiger charge is 2.10. The topological polar surface area (TPSA) is 29.9 Å². The number of fused-ring (bicyclic) bond motifs is 1. The van der Waals surface area contributed by atoms with E-state index in [2.05, 4.69) is 55.6 Å². The van der Waals surface area contributed by atoms with E-state index < -0.39 is 0 Å². The molecule has 0 aliphatic carbocycles. The predicted octanol–water partition coefficient (Wildman–Crippen LogP) is 2.90. The first kappa shape index (κ1) is 11.1. The van der Waals surface area contributed by atoms with Gasteiger partial charge in [-0.1, -0.05) is 12.1 Å². The number of aromatic nitrogens is 2. The number of rotatable bonds is 3. The molecule has 0 amide bonds. The van der Waals surface area contributed by atoms with Gasteiger partial charge in [0.05, 0.1) is 5.52 Å². The van der Waals surface area contributed by atoms with Crippen molar-refractivity contribution in [3.63, 3.8) is 0 Å². The van der Waals surface area contributed by atoms with E-state index in [1.54, 1.807) is 0 Å². The Labute approximate surface area is 96.5 Å². The Morgan fingerprint density at radius 3 is 2.62 bits per heavy atom. The summed E-state index contributed by atoms with van der Waals surface area (Å²) >= 11 is 0. The van der Waals surface area contributed by atoms with Crippen LogP contribution in [0.1, 0.15) is 38.4 Å². The summed E-state index contributed by atoms with van der Waals surface area (Å²) < 4.78 is 2.02. The standard InChI is InChI=1S/C13H19N3/c1-9(2)16-8-12-11(10(3)14-4)6-5-7-13(12)15-16/h5-10,14H,1-4H3. The van der Waals surface area contributed by atoms with Gasteiger partial charge in [-0.25, -0.2) is 0 Å². The Morgan fingerprint density at radius 2 is 2.00 bits per heavy atom. The Morgan fingerprint density at radius 1 is 1.25 bits per heavy atom. The smallest absolute Gasteiger partial charge is 0.0926 e. The molecule has 1 atom stereocenters. The average Bonchev–Trinajstić information content (AvgIpc) is 2.71. The van der Waals surface area contributed by atoms with Crippen LogP contribution in [0.3, 0.4) is 0 Å². The number of nitrogens with one attached hydrogen (secondary N) is 1. The SMILES string of the molecule is CNC(C)c1cccc2nn(C(C)C)cc12. The van der Waals surface area contributed by atoms with Crippen molar-refractivity contribution in [3.8, 4) is 0 Å². The van der Waals surface area contributed by atoms with Crippen molar-refractivity contribution in [1.82, 2.24) is 15.1 Å². The first-order valence-electron chi connectivity index (χ1n) is 5.78. The molecule has 1 aromatic carbocycles. The second kappa shape index (κ2) is 4.26. The zero-order valence-electron chi connectivity index (χ0n) is 10.4. The summed E-state index contributed by atoms with van der Waals surface area (Å²) in [6.07, 6.45) is 2.14. The summed E-state index contributed by atoms with van der Waals surface area (Å²) in [5, 5.41) is 9.10. The maximum atomic E-state index is 4.58. The number of benzene rings is 1. The Hall–Kier alpha value is -1.35. The number of hydrogen-bond acceptors (Lipinski definition) is 2. The van der Waals surface area contributed by atoms with Crippen molar-refractivity contribution in [2.75, 3.05) is 7.05 Å². The van der Waals surface area contributed by atoms with Crippen LogP contribution >= 0.6 is 0 Å². The molecule has 0 spiro atoms. The molecule has 0 saturated heterocycles. The van der Waals surface area contributed by atoms with Gasteiger partial charge in [0.25, 0.3) is 0 Å². The third-order valence-electron chi connectivity index (χ3n) is 3.03. The van der Waals surface area contributed by atoms with Crippen molar-refractivity contribution >= 4 is 10.9 Å². The van der Waals surface area contributed by atoms with Crippen LogP contribution in [-0.2, 0) is 0 Å². The van der Waals surface area contributed by atoms with Gasteiger partial charge in [0.1, 0.15) is 0 Å². The first-order chi connectivity index (χ1) is 7.63. The van der Waals surface area contributed by atoms with Gasteiger partial charge in [-0.05, 0) is 39.4 Å². The van der Waals surface area contributed by atoms with Crippen LogP contribution in [0.15, 0.2) is 24.4 Å². The summed E-state index contributed by atoms with van der Waals surface area (Å²) in [4.78, 5) is 0. The molecule has 0 radical (unpaired) electrons. The quantitative estimate of drug-likeness (QED) is 0.856. The zero-order chi connectivity index (χ0) is 11.7. The van der Waals surface area contributed by atoms with Crippen LogP contribution < -0.4 is 5.32 Å². The van der Waals surface area contributed by atoms with Crippen molar-refractivity contribution < 1.29 is 0 Å². The maximum absolute atomic E-state index is 4.58. The van der Waals surface area contributed by atoms with Crippen molar-refractivity contribution in [2.45, 2.75) is 32.9 Å². The van der Waals surface area contributed by atoms with E-state index in [1.165, 1.54) is 10.9 Å². The highest BCUT2D eigenvalue weighted by atomic mass is 15.3. The summed E-state index contributed by atoms with van der Waals surface area (Å²) in [6.45, 7) is 6.46. The molecule has 1 heterocycles. The number of nitrogens with zero attached hydrogens (tertiary/aromatic N) is 2. The van der Waals surface area contributed by atoms with Crippen LogP contribution in [0.5, 0.6) is 0 Å². The lowest BCUT2D eigenvalue weighted by Crippen LogP contribution is -2.12. The summed E-state index contributed by atoms with van der Waals surface area (Å²) in [6, 6.07) is 7.07. The molecule has 1 N–H and O–H groups in total. The number of hydrogen-bond donors (Lipinski definition) is 1. The van der Waals surface area contributed by atoms with E-state index in [-0.39, 0.29) is 0 Å². The van der Waals surface area contributed by atoms with Gasteiger partial charge in [0.15, 0.2) is 0 Å². The van der Waals surface area contributed by atoms with Gasteiger partial charge in [-0.15, -0.1) is 0 Å². The largest absolute Gasteiger partial charge is 0.313 e. The lowest BCUT2D eigenvalue weighted by Gasteiger charge is -2.10. The fourth-order valence-corrected chi connectivity index (χ4v) is 1.88. The maximum Gasteiger partial charge on any atom is 0.0926 e. The van der Waals surface area contributed by atoms with E-state index >= 15 is 0 Å². The molecular formula is C13H19N3. The highest BCUT2D eigenvalue weighted by Crippen LogP contribution is 2.24. The van der Waals surface area contributed by atoms with Crippen LogP contribution in [0.4, 0.5) is 0 Å². The normalized spacial score (nSPS) is 13.6. The van der Waals surface area contributed by atoms with Crippen LogP contribution in [0.25, 0.3) is 10.9 Å². The first-order valence-corrected chi connectivity index (χ1v) is 5.78. The third-order valence-corrected chi connectivity index (χ3v) is 3.03. The minimum atomic E-state index is 0.355. The predicted molar refractivity (Wildman–Crippen MR) is 67.6 cm³/mol. The van der Waals surface area contributed by atoms with E-state index in [0.717, 1.165) is 5.52 Å². The zero-order valence-corrected chi connectivity index (χ0v) is 10.4. The summed E-state index contributed by atoms with van der Waals surface area (Å²) in [5.41, 5.74) is 2.39. The van der Waals surface area contributed by atoms with Crippen molar-refractivity contribution in [2.24, 2.45) is 0 Å². The molecule has 2 rings (SSSR count). The second-order valence-corrected chi connectivity index (χ2v) is 4.49. The summed E-state index contributed by atoms with van der Waals surface area (Å²) in [7, 11) is 1.98. The molecule has 3 heteroatoms. The van der Waals surface area contributed by atoms with E-state index in [9.17, 15) is 0 Å². The van der Waals surface area contributed by atoms with Gasteiger partial charge in [-0.3, -0.25) is 4.68 Å². The summed E-state index contributed by atoms with van der Waals surface area (Å²) in [5.74, 6) is 0. The molecule has 2 aromatic rings. The molecule has 0 bridgehead atoms. The van der Waals surface area contributed by atoms with Crippen LogP contribution in [-0.4, -0.2) is 16.8 Å². The minimum Gasteiger partial charge on any atom is -0.313 e. The molecule has 0 saturated carbocycles. The molecule has 1 aromatic heterocycles. The van der Waals surface area contributed by atoms with Crippen molar-refractivity contribution in [3.05, 3.63) is 30.0 Å². The molecule has 3 nitrogen and oxygen atoms in total. The Kier molecular flexibility index (Phi) is 2.97. The monoisotopic (exact) mass is 217 g/mol. The lowest BCUT2D eigenvalue weighted by molar-refractivity contribution is 0.537. The molecule has 0 fully saturated rings. The van der Waals surface area contributed by atoms with Crippen LogP contribution in [0.2, 0.25) is 0 Å². The third kappa shape index (κ3) is 1.83. The van der Waals surface area contributed by atoms with Gasteiger partial charge in [0, 0.05) is 23.7 Å². The van der Waals surface area contributed by atoms with Crippen LogP contribution in [0, 0.1) is 0 Å². The van der Waals surface area contributed by atoms with Gasteiger partial charge in [-0.2, -0.15) is 5.10 Å². The Bertz CT molecular complexity index is 485. The van der Waals surface area contributed by atoms with Gasteiger partial charge in [0.2, 0.25) is 0 Å². The second-order valence-electron chi connectivity index (χ2n) is 4.49. The van der Waals surface area contributed by atoms with E-state index in [1.807, 2.05) is 11.7 Å². The molecule has 0 aliphatic heterocycles. The average molecular weight is 217 g/mol.